The molecule has 0 aliphatic heterocycles. The summed E-state index contributed by atoms with van der Waals surface area (Å²) in [4.78, 5) is 17.2. The van der Waals surface area contributed by atoms with Crippen LogP contribution in [0.15, 0.2) is 72.8 Å². The second-order valence-corrected chi connectivity index (χ2v) is 9.36. The molecule has 1 amide bonds. The summed E-state index contributed by atoms with van der Waals surface area (Å²) in [5.41, 5.74) is 1.67. The third-order valence-electron chi connectivity index (χ3n) is 5.28. The van der Waals surface area contributed by atoms with Crippen molar-refractivity contribution in [2.45, 2.75) is 13.1 Å². The van der Waals surface area contributed by atoms with Crippen LogP contribution < -0.4 is 5.32 Å². The number of halogens is 4. The molecule has 1 N–H and O–H groups in total. The Morgan fingerprint density at radius 2 is 1.80 bits per heavy atom. The van der Waals surface area contributed by atoms with Crippen molar-refractivity contribution in [3.05, 3.63) is 94.1 Å². The van der Waals surface area contributed by atoms with Crippen LogP contribution >= 0.6 is 22.9 Å². The van der Waals surface area contributed by atoms with Crippen molar-refractivity contribution < 1.29 is 19.4 Å². The van der Waals surface area contributed by atoms with Crippen molar-refractivity contribution in [3.8, 4) is 16.9 Å². The second-order valence-electron chi connectivity index (χ2n) is 7.72. The topological polar surface area (TPSA) is 59.8 Å². The molecule has 178 valence electrons. The standard InChI is InChI=1S/C25H16ClF3N4OS.H2/c1-14-30-19-12-17(10-11-22(19)35-14)31-24(34)16-8-6-15(7-9-16)21-13-23(25(27,28)29)32-33(21)20-5-3-2-4-18(20)26;/h2-13H,1H3,(H,31,34);1H. The van der Waals surface area contributed by atoms with Crippen LogP contribution in [0.4, 0.5) is 18.9 Å². The van der Waals surface area contributed by atoms with Crippen LogP contribution in [0.2, 0.25) is 5.02 Å². The van der Waals surface area contributed by atoms with Crippen molar-refractivity contribution in [1.29, 1.82) is 0 Å². The molecule has 0 unspecified atom stereocenters. The highest BCUT2D eigenvalue weighted by atomic mass is 35.5. The molecule has 0 aliphatic carbocycles. The van der Waals surface area contributed by atoms with Gasteiger partial charge in [0, 0.05) is 18.2 Å². The number of rotatable bonds is 4. The summed E-state index contributed by atoms with van der Waals surface area (Å²) in [7, 11) is 0. The van der Waals surface area contributed by atoms with Gasteiger partial charge in [-0.25, -0.2) is 9.67 Å². The molecule has 2 aromatic heterocycles. The van der Waals surface area contributed by atoms with Gasteiger partial charge in [-0.1, -0.05) is 35.9 Å². The number of nitrogens with zero attached hydrogens (tertiary/aromatic N) is 3. The SMILES string of the molecule is Cc1nc2cc(NC(=O)c3ccc(-c4cc(C(F)(F)F)nn4-c4ccccc4Cl)cc3)ccc2s1.[HH]. The first kappa shape index (κ1) is 23.1. The number of fused-ring (bicyclic) bond motifs is 1. The molecular weight excluding hydrogens is 497 g/mol. The van der Waals surface area contributed by atoms with Crippen LogP contribution in [0, 0.1) is 6.92 Å². The maximum absolute atomic E-state index is 13.4. The predicted molar refractivity (Wildman–Crippen MR) is 133 cm³/mol. The first-order chi connectivity index (χ1) is 16.7. The number of aryl methyl sites for hydroxylation is 1. The monoisotopic (exact) mass is 514 g/mol. The van der Waals surface area contributed by atoms with Crippen molar-refractivity contribution >= 4 is 44.7 Å². The lowest BCUT2D eigenvalue weighted by Gasteiger charge is -2.10. The van der Waals surface area contributed by atoms with Crippen LogP contribution in [0.25, 0.3) is 27.2 Å². The number of carbonyl (C=O) groups is 1. The molecule has 3 aromatic carbocycles. The Labute approximate surface area is 208 Å². The van der Waals surface area contributed by atoms with Crippen LogP contribution in [-0.2, 0) is 6.18 Å². The Balaban J connectivity index is 0.00000304. The average Bonchev–Trinajstić information content (AvgIpc) is 3.42. The molecule has 0 aliphatic rings. The zero-order chi connectivity index (χ0) is 24.7. The number of para-hydroxylation sites is 1. The van der Waals surface area contributed by atoms with Crippen molar-refractivity contribution in [1.82, 2.24) is 14.8 Å². The Kier molecular flexibility index (Phi) is 5.82. The van der Waals surface area contributed by atoms with E-state index in [4.69, 9.17) is 11.6 Å². The number of hydrogen-bond acceptors (Lipinski definition) is 4. The summed E-state index contributed by atoms with van der Waals surface area (Å²) in [6, 6.07) is 19.2. The average molecular weight is 515 g/mol. The highest BCUT2D eigenvalue weighted by molar-refractivity contribution is 7.18. The van der Waals surface area contributed by atoms with E-state index < -0.39 is 11.9 Å². The number of carbonyl (C=O) groups excluding carboxylic acids is 1. The number of alkyl halides is 3. The number of nitrogens with one attached hydrogen (secondary N) is 1. The van der Waals surface area contributed by atoms with Crippen LogP contribution in [-0.4, -0.2) is 20.7 Å². The molecule has 0 radical (unpaired) electrons. The van der Waals surface area contributed by atoms with Crippen molar-refractivity contribution in [2.24, 2.45) is 0 Å². The molecule has 10 heteroatoms. The molecule has 0 fully saturated rings. The van der Waals surface area contributed by atoms with Gasteiger partial charge >= 0.3 is 6.18 Å². The maximum Gasteiger partial charge on any atom is 0.435 e. The fourth-order valence-corrected chi connectivity index (χ4v) is 4.67. The Morgan fingerprint density at radius 1 is 1.06 bits per heavy atom. The molecule has 35 heavy (non-hydrogen) atoms. The van der Waals surface area contributed by atoms with E-state index in [-0.39, 0.29) is 18.1 Å². The van der Waals surface area contributed by atoms with Crippen molar-refractivity contribution in [2.75, 3.05) is 5.32 Å². The van der Waals surface area contributed by atoms with Gasteiger partial charge in [0.05, 0.1) is 31.6 Å². The summed E-state index contributed by atoms with van der Waals surface area (Å²) >= 11 is 7.79. The third kappa shape index (κ3) is 4.65. The Hall–Kier alpha value is -3.69. The summed E-state index contributed by atoms with van der Waals surface area (Å²) < 4.78 is 42.5. The molecule has 0 saturated heterocycles. The zero-order valence-electron chi connectivity index (χ0n) is 18.1. The van der Waals surface area contributed by atoms with E-state index in [0.717, 1.165) is 26.0 Å². The molecule has 0 saturated carbocycles. The molecule has 5 nitrogen and oxygen atoms in total. The molecule has 0 spiro atoms. The lowest BCUT2D eigenvalue weighted by atomic mass is 10.1. The van der Waals surface area contributed by atoms with Gasteiger partial charge in [0.25, 0.3) is 5.91 Å². The predicted octanol–water partition coefficient (Wildman–Crippen LogP) is 7.63. The van der Waals surface area contributed by atoms with E-state index in [2.05, 4.69) is 15.4 Å². The molecule has 0 bridgehead atoms. The minimum Gasteiger partial charge on any atom is -0.322 e. The van der Waals surface area contributed by atoms with Gasteiger partial charge in [0.2, 0.25) is 0 Å². The fourth-order valence-electron chi connectivity index (χ4n) is 3.65. The first-order valence-corrected chi connectivity index (χ1v) is 11.6. The summed E-state index contributed by atoms with van der Waals surface area (Å²) in [6.07, 6.45) is -4.63. The minimum atomic E-state index is -4.63. The molecule has 5 aromatic rings. The van der Waals surface area contributed by atoms with Crippen LogP contribution in [0.1, 0.15) is 22.5 Å². The van der Waals surface area contributed by atoms with Gasteiger partial charge in [0.15, 0.2) is 5.69 Å². The maximum atomic E-state index is 13.4. The van der Waals surface area contributed by atoms with Gasteiger partial charge in [-0.05, 0) is 55.5 Å². The van der Waals surface area contributed by atoms with E-state index >= 15 is 0 Å². The zero-order valence-corrected chi connectivity index (χ0v) is 19.7. The third-order valence-corrected chi connectivity index (χ3v) is 6.55. The van der Waals surface area contributed by atoms with Gasteiger partial charge < -0.3 is 5.32 Å². The quantitative estimate of drug-likeness (QED) is 0.268. The highest BCUT2D eigenvalue weighted by Crippen LogP contribution is 2.34. The molecular formula is C25H18ClF3N4OS. The number of anilines is 1. The van der Waals surface area contributed by atoms with Gasteiger partial charge in [0.1, 0.15) is 0 Å². The smallest absolute Gasteiger partial charge is 0.322 e. The number of amides is 1. The number of aromatic nitrogens is 3. The summed E-state index contributed by atoms with van der Waals surface area (Å²) in [5.74, 6) is -0.349. The second kappa shape index (κ2) is 8.83. The van der Waals surface area contributed by atoms with E-state index in [0.29, 0.717) is 22.5 Å². The lowest BCUT2D eigenvalue weighted by molar-refractivity contribution is -0.141. The highest BCUT2D eigenvalue weighted by Gasteiger charge is 2.35. The van der Waals surface area contributed by atoms with Crippen LogP contribution in [0.5, 0.6) is 0 Å². The van der Waals surface area contributed by atoms with E-state index in [1.165, 1.54) is 0 Å². The first-order valence-electron chi connectivity index (χ1n) is 10.4. The van der Waals surface area contributed by atoms with Crippen molar-refractivity contribution in [3.63, 3.8) is 0 Å². The molecule has 5 rings (SSSR count). The van der Waals surface area contributed by atoms with Gasteiger partial charge in [-0.15, -0.1) is 11.3 Å². The fraction of sp³-hybridized carbons (Fsp3) is 0.0800. The Bertz CT molecular complexity index is 1560. The number of benzene rings is 3. The van der Waals surface area contributed by atoms with Crippen LogP contribution in [0.3, 0.4) is 0 Å². The number of hydrogen-bond donors (Lipinski definition) is 1. The van der Waals surface area contributed by atoms with E-state index in [1.54, 1.807) is 72.0 Å². The van der Waals surface area contributed by atoms with E-state index in [9.17, 15) is 18.0 Å². The summed E-state index contributed by atoms with van der Waals surface area (Å²) in [5, 5.41) is 7.77. The lowest BCUT2D eigenvalue weighted by Crippen LogP contribution is -2.11. The van der Waals surface area contributed by atoms with Gasteiger partial charge in [-0.3, -0.25) is 4.79 Å². The largest absolute Gasteiger partial charge is 0.435 e. The van der Waals surface area contributed by atoms with Gasteiger partial charge in [-0.2, -0.15) is 18.3 Å². The normalized spacial score (nSPS) is 11.7. The van der Waals surface area contributed by atoms with E-state index in [1.807, 2.05) is 13.0 Å². The molecule has 2 heterocycles. The summed E-state index contributed by atoms with van der Waals surface area (Å²) in [6.45, 7) is 1.92. The molecule has 0 atom stereocenters. The minimum absolute atomic E-state index is 0. The number of thiazole rings is 1. The Morgan fingerprint density at radius 3 is 2.51 bits per heavy atom.